The minimum atomic E-state index is -0.703. The third-order valence-corrected chi connectivity index (χ3v) is 4.23. The topological polar surface area (TPSA) is 91.2 Å². The van der Waals surface area contributed by atoms with Crippen molar-refractivity contribution in [3.63, 3.8) is 0 Å². The first-order valence-electron chi connectivity index (χ1n) is 8.23. The van der Waals surface area contributed by atoms with Crippen LogP contribution in [-0.4, -0.2) is 29.1 Å². The number of aromatic nitrogens is 2. The number of carbonyl (C=O) groups excluding carboxylic acids is 1. The molecular weight excluding hydrogens is 330 g/mol. The second-order valence-electron chi connectivity index (χ2n) is 6.04. The second-order valence-corrected chi connectivity index (χ2v) is 6.04. The van der Waals surface area contributed by atoms with Gasteiger partial charge in [-0.25, -0.2) is 9.97 Å². The summed E-state index contributed by atoms with van der Waals surface area (Å²) in [4.78, 5) is 20.6. The Hall–Kier alpha value is -3.25. The summed E-state index contributed by atoms with van der Waals surface area (Å²) >= 11 is 0. The van der Waals surface area contributed by atoms with E-state index in [1.807, 2.05) is 54.6 Å². The molecule has 4 rings (SSSR count). The third-order valence-electron chi connectivity index (χ3n) is 4.23. The van der Waals surface area contributed by atoms with Crippen LogP contribution in [0, 0.1) is 0 Å². The number of carbonyl (C=O) groups is 1. The summed E-state index contributed by atoms with van der Waals surface area (Å²) in [5.41, 5.74) is 9.63. The van der Waals surface area contributed by atoms with Crippen molar-refractivity contribution < 1.29 is 13.9 Å². The van der Waals surface area contributed by atoms with Crippen molar-refractivity contribution in [3.05, 3.63) is 60.2 Å². The summed E-state index contributed by atoms with van der Waals surface area (Å²) in [5.74, 6) is 0.0199. The maximum absolute atomic E-state index is 11.5. The van der Waals surface area contributed by atoms with E-state index in [-0.39, 0.29) is 0 Å². The Kier molecular flexibility index (Phi) is 4.10. The number of pyridine rings is 1. The highest BCUT2D eigenvalue weighted by Gasteiger charge is 2.16. The van der Waals surface area contributed by atoms with Crippen molar-refractivity contribution in [1.82, 2.24) is 9.97 Å². The molecule has 6 heteroatoms. The van der Waals surface area contributed by atoms with Gasteiger partial charge >= 0.3 is 5.97 Å². The van der Waals surface area contributed by atoms with Crippen molar-refractivity contribution >= 4 is 28.0 Å². The molecule has 0 spiro atoms. The van der Waals surface area contributed by atoms with E-state index in [9.17, 15) is 4.79 Å². The van der Waals surface area contributed by atoms with Gasteiger partial charge in [-0.15, -0.1) is 0 Å². The predicted octanol–water partition coefficient (Wildman–Crippen LogP) is 3.09. The van der Waals surface area contributed by atoms with Crippen LogP contribution in [0.3, 0.4) is 0 Å². The molecular formula is C20H17N3O3. The lowest BCUT2D eigenvalue weighted by atomic mass is 10.1. The van der Waals surface area contributed by atoms with Crippen molar-refractivity contribution in [1.29, 1.82) is 0 Å². The molecule has 0 bridgehead atoms. The monoisotopic (exact) mass is 347 g/mol. The van der Waals surface area contributed by atoms with E-state index in [2.05, 4.69) is 14.7 Å². The van der Waals surface area contributed by atoms with Crippen LogP contribution < -0.4 is 5.73 Å². The molecule has 0 unspecified atom stereocenters. The van der Waals surface area contributed by atoms with Crippen LogP contribution in [-0.2, 0) is 16.0 Å². The second kappa shape index (κ2) is 6.57. The van der Waals surface area contributed by atoms with E-state index in [0.29, 0.717) is 29.1 Å². The molecule has 130 valence electrons. The molecule has 6 nitrogen and oxygen atoms in total. The fourth-order valence-corrected chi connectivity index (χ4v) is 2.88. The van der Waals surface area contributed by atoms with Crippen LogP contribution in [0.5, 0.6) is 0 Å². The minimum absolute atomic E-state index is 0.374. The number of fused-ring (bicyclic) bond motifs is 2. The van der Waals surface area contributed by atoms with Crippen LogP contribution >= 0.6 is 0 Å². The first kappa shape index (κ1) is 16.2. The summed E-state index contributed by atoms with van der Waals surface area (Å²) in [6.45, 7) is 0. The number of benzene rings is 2. The van der Waals surface area contributed by atoms with Crippen molar-refractivity contribution in [2.75, 3.05) is 7.11 Å². The molecule has 0 aliphatic rings. The van der Waals surface area contributed by atoms with Gasteiger partial charge in [0.05, 0.1) is 12.6 Å². The molecule has 0 radical (unpaired) electrons. The van der Waals surface area contributed by atoms with Crippen LogP contribution in [0.25, 0.3) is 33.6 Å². The number of methoxy groups -OCH3 is 1. The van der Waals surface area contributed by atoms with Crippen molar-refractivity contribution in [2.24, 2.45) is 5.73 Å². The molecule has 0 amide bonds. The summed E-state index contributed by atoms with van der Waals surface area (Å²) < 4.78 is 10.5. The molecule has 2 aromatic heterocycles. The van der Waals surface area contributed by atoms with Crippen molar-refractivity contribution in [2.45, 2.75) is 12.5 Å². The summed E-state index contributed by atoms with van der Waals surface area (Å²) in [5, 5.41) is 1.06. The van der Waals surface area contributed by atoms with E-state index >= 15 is 0 Å². The lowest BCUT2D eigenvalue weighted by Gasteiger charge is -2.08. The fourth-order valence-electron chi connectivity index (χ4n) is 2.88. The molecule has 0 aliphatic heterocycles. The molecule has 0 aliphatic carbocycles. The van der Waals surface area contributed by atoms with Crippen LogP contribution in [0.2, 0.25) is 0 Å². The molecule has 0 fully saturated rings. The molecule has 2 aromatic carbocycles. The molecule has 2 heterocycles. The van der Waals surface area contributed by atoms with Crippen LogP contribution in [0.1, 0.15) is 5.56 Å². The van der Waals surface area contributed by atoms with Crippen molar-refractivity contribution in [3.8, 4) is 11.6 Å². The maximum atomic E-state index is 11.5. The van der Waals surface area contributed by atoms with Gasteiger partial charge in [0.1, 0.15) is 17.3 Å². The molecule has 0 saturated carbocycles. The number of para-hydroxylation sites is 1. The zero-order valence-electron chi connectivity index (χ0n) is 14.2. The summed E-state index contributed by atoms with van der Waals surface area (Å²) in [6.07, 6.45) is 0.374. The van der Waals surface area contributed by atoms with E-state index in [1.165, 1.54) is 7.11 Å². The average molecular weight is 347 g/mol. The Labute approximate surface area is 149 Å². The van der Waals surface area contributed by atoms with Crippen LogP contribution in [0.4, 0.5) is 0 Å². The molecule has 2 N–H and O–H groups in total. The van der Waals surface area contributed by atoms with Gasteiger partial charge in [0.2, 0.25) is 5.89 Å². The minimum Gasteiger partial charge on any atom is -0.468 e. The molecule has 1 atom stereocenters. The standard InChI is InChI=1S/C20H17N3O3/c1-25-20(24)14(21)10-12-6-9-18-17(11-12)23-19(26-18)16-8-7-13-4-2-3-5-15(13)22-16/h2-9,11,14H,10,21H2,1H3/t14-/m0/s1. The SMILES string of the molecule is COC(=O)[C@@H](N)Cc1ccc2oc(-c3ccc4ccccc4n3)nc2c1. The highest BCUT2D eigenvalue weighted by atomic mass is 16.5. The Bertz CT molecular complexity index is 1100. The zero-order valence-corrected chi connectivity index (χ0v) is 14.2. The number of esters is 1. The predicted molar refractivity (Wildman–Crippen MR) is 98.4 cm³/mol. The highest BCUT2D eigenvalue weighted by Crippen LogP contribution is 2.25. The van der Waals surface area contributed by atoms with Gasteiger partial charge in [-0.2, -0.15) is 0 Å². The Morgan fingerprint density at radius 2 is 1.96 bits per heavy atom. The van der Waals surface area contributed by atoms with Gasteiger partial charge in [-0.05, 0) is 36.2 Å². The highest BCUT2D eigenvalue weighted by molar-refractivity contribution is 5.82. The van der Waals surface area contributed by atoms with Gasteiger partial charge in [0, 0.05) is 5.39 Å². The van der Waals surface area contributed by atoms with Gasteiger partial charge in [-0.3, -0.25) is 4.79 Å². The number of ether oxygens (including phenoxy) is 1. The number of hydrogen-bond acceptors (Lipinski definition) is 6. The molecule has 0 saturated heterocycles. The summed E-state index contributed by atoms with van der Waals surface area (Å²) in [6, 6.07) is 16.6. The number of nitrogens with two attached hydrogens (primary N) is 1. The Morgan fingerprint density at radius 1 is 1.12 bits per heavy atom. The first-order chi connectivity index (χ1) is 12.6. The van der Waals surface area contributed by atoms with Gasteiger partial charge in [0.25, 0.3) is 0 Å². The van der Waals surface area contributed by atoms with Crippen LogP contribution in [0.15, 0.2) is 59.0 Å². The number of oxazole rings is 1. The largest absolute Gasteiger partial charge is 0.468 e. The van der Waals surface area contributed by atoms with Gasteiger partial charge in [0.15, 0.2) is 5.58 Å². The molecule has 4 aromatic rings. The average Bonchev–Trinajstić information content (AvgIpc) is 3.10. The lowest BCUT2D eigenvalue weighted by Crippen LogP contribution is -2.33. The first-order valence-corrected chi connectivity index (χ1v) is 8.23. The smallest absolute Gasteiger partial charge is 0.322 e. The zero-order chi connectivity index (χ0) is 18.1. The van der Waals surface area contributed by atoms with E-state index in [4.69, 9.17) is 10.2 Å². The fraction of sp³-hybridized carbons (Fsp3) is 0.150. The lowest BCUT2D eigenvalue weighted by molar-refractivity contribution is -0.142. The normalized spacial score (nSPS) is 12.4. The van der Waals surface area contributed by atoms with E-state index < -0.39 is 12.0 Å². The van der Waals surface area contributed by atoms with Gasteiger partial charge < -0.3 is 14.9 Å². The maximum Gasteiger partial charge on any atom is 0.322 e. The Balaban J connectivity index is 1.67. The number of nitrogens with zero attached hydrogens (tertiary/aromatic N) is 2. The third kappa shape index (κ3) is 3.02. The van der Waals surface area contributed by atoms with E-state index in [1.54, 1.807) is 0 Å². The number of hydrogen-bond donors (Lipinski definition) is 1. The summed E-state index contributed by atoms with van der Waals surface area (Å²) in [7, 11) is 1.33. The quantitative estimate of drug-likeness (QED) is 0.571. The van der Waals surface area contributed by atoms with Gasteiger partial charge in [-0.1, -0.05) is 30.3 Å². The molecule has 26 heavy (non-hydrogen) atoms. The number of rotatable bonds is 4. The Morgan fingerprint density at radius 3 is 2.81 bits per heavy atom. The van der Waals surface area contributed by atoms with E-state index in [0.717, 1.165) is 16.5 Å².